The highest BCUT2D eigenvalue weighted by Gasteiger charge is 2.21. The average Bonchev–Trinajstić information content (AvgIpc) is 3.20. The zero-order valence-corrected chi connectivity index (χ0v) is 22.2. The molecule has 7 nitrogen and oxygen atoms in total. The van der Waals surface area contributed by atoms with Crippen LogP contribution in [0.15, 0.2) is 12.1 Å². The van der Waals surface area contributed by atoms with Crippen LogP contribution in [0.1, 0.15) is 117 Å². The molecule has 0 aliphatic carbocycles. The molecule has 2 rings (SSSR count). The number of unbranched alkanes of at least 4 members (excludes halogenated alkanes) is 10. The molecule has 0 aliphatic rings. The van der Waals surface area contributed by atoms with E-state index in [1.54, 1.807) is 10.7 Å². The van der Waals surface area contributed by atoms with Crippen LogP contribution in [0.3, 0.4) is 0 Å². The van der Waals surface area contributed by atoms with Crippen molar-refractivity contribution in [3.63, 3.8) is 0 Å². The summed E-state index contributed by atoms with van der Waals surface area (Å²) in [6.07, 6.45) is 14.6. The van der Waals surface area contributed by atoms with Gasteiger partial charge in [-0.05, 0) is 12.8 Å². The first-order valence-electron chi connectivity index (χ1n) is 13.4. The fourth-order valence-electron chi connectivity index (χ4n) is 3.68. The second-order valence-corrected chi connectivity index (χ2v) is 10.2. The van der Waals surface area contributed by atoms with Crippen molar-refractivity contribution in [2.24, 2.45) is 0 Å². The predicted molar refractivity (Wildman–Crippen MR) is 140 cm³/mol. The Morgan fingerprint density at radius 2 is 1.21 bits per heavy atom. The van der Waals surface area contributed by atoms with Gasteiger partial charge in [-0.1, -0.05) is 98.8 Å². The minimum Gasteiger partial charge on any atom is -0.477 e. The van der Waals surface area contributed by atoms with Gasteiger partial charge in [-0.2, -0.15) is 19.7 Å². The molecule has 34 heavy (non-hydrogen) atoms. The molecule has 0 saturated heterocycles. The summed E-state index contributed by atoms with van der Waals surface area (Å²) in [4.78, 5) is 9.18. The Morgan fingerprint density at radius 1 is 0.735 bits per heavy atom. The summed E-state index contributed by atoms with van der Waals surface area (Å²) in [6, 6.07) is 3.66. The molecule has 2 heterocycles. The Hall–Kier alpha value is -2.31. The molecule has 0 unspecified atom stereocenters. The maximum atomic E-state index is 6.27. The van der Waals surface area contributed by atoms with Gasteiger partial charge in [-0.3, -0.25) is 0 Å². The number of nitrogen functional groups attached to an aromatic ring is 1. The van der Waals surface area contributed by atoms with Crippen LogP contribution in [0.4, 0.5) is 5.82 Å². The zero-order chi connectivity index (χ0) is 24.8. The molecule has 0 saturated carbocycles. The van der Waals surface area contributed by atoms with Crippen molar-refractivity contribution >= 4 is 5.82 Å². The van der Waals surface area contributed by atoms with Crippen molar-refractivity contribution in [1.29, 1.82) is 0 Å². The van der Waals surface area contributed by atoms with Crippen molar-refractivity contribution in [3.05, 3.63) is 17.8 Å². The lowest BCUT2D eigenvalue weighted by Crippen LogP contribution is -2.14. The fourth-order valence-corrected chi connectivity index (χ4v) is 3.68. The van der Waals surface area contributed by atoms with E-state index in [1.807, 2.05) is 6.07 Å². The van der Waals surface area contributed by atoms with Crippen molar-refractivity contribution < 1.29 is 9.47 Å². The van der Waals surface area contributed by atoms with Crippen LogP contribution in [-0.4, -0.2) is 33.0 Å². The van der Waals surface area contributed by atoms with E-state index in [0.717, 1.165) is 18.5 Å². The molecule has 0 atom stereocenters. The van der Waals surface area contributed by atoms with Crippen LogP contribution in [0.2, 0.25) is 0 Å². The third-order valence-corrected chi connectivity index (χ3v) is 5.86. The second-order valence-electron chi connectivity index (χ2n) is 10.2. The molecule has 192 valence electrons. The highest BCUT2D eigenvalue weighted by atomic mass is 16.5. The van der Waals surface area contributed by atoms with Gasteiger partial charge in [-0.15, -0.1) is 0 Å². The molecule has 2 aromatic heterocycles. The van der Waals surface area contributed by atoms with Gasteiger partial charge in [0.05, 0.1) is 25.0 Å². The van der Waals surface area contributed by atoms with Crippen molar-refractivity contribution in [1.82, 2.24) is 19.7 Å². The number of hydrogen-bond donors (Lipinski definition) is 1. The topological polar surface area (TPSA) is 88.1 Å². The minimum absolute atomic E-state index is 0.123. The first kappa shape index (κ1) is 27.9. The number of nitrogens with two attached hydrogens (primary N) is 1. The summed E-state index contributed by atoms with van der Waals surface area (Å²) in [5.74, 6) is 1.89. The zero-order valence-electron chi connectivity index (χ0n) is 22.2. The SMILES string of the molecule is CCCCCCCCOc1cc(OCCCCCCCC)nc(-n2nc(C(C)(C)C)cc2N)n1. The van der Waals surface area contributed by atoms with Crippen LogP contribution >= 0.6 is 0 Å². The third kappa shape index (κ3) is 9.90. The highest BCUT2D eigenvalue weighted by Crippen LogP contribution is 2.25. The van der Waals surface area contributed by atoms with Crippen LogP contribution in [-0.2, 0) is 5.41 Å². The summed E-state index contributed by atoms with van der Waals surface area (Å²) in [5, 5.41) is 4.67. The van der Waals surface area contributed by atoms with Crippen molar-refractivity contribution in [3.8, 4) is 17.7 Å². The minimum atomic E-state index is -0.123. The van der Waals surface area contributed by atoms with E-state index in [-0.39, 0.29) is 5.41 Å². The van der Waals surface area contributed by atoms with Gasteiger partial charge in [0.15, 0.2) is 0 Å². The summed E-state index contributed by atoms with van der Waals surface area (Å²) >= 11 is 0. The molecule has 0 aromatic carbocycles. The number of rotatable bonds is 17. The highest BCUT2D eigenvalue weighted by molar-refractivity contribution is 5.40. The van der Waals surface area contributed by atoms with Gasteiger partial charge >= 0.3 is 0 Å². The lowest BCUT2D eigenvalue weighted by molar-refractivity contribution is 0.274. The van der Waals surface area contributed by atoms with Gasteiger partial charge in [-0.25, -0.2) is 0 Å². The third-order valence-electron chi connectivity index (χ3n) is 5.86. The Kier molecular flexibility index (Phi) is 12.2. The first-order chi connectivity index (χ1) is 16.3. The Balaban J connectivity index is 2.05. The molecular formula is C27H47N5O2. The number of hydrogen-bond acceptors (Lipinski definition) is 6. The number of anilines is 1. The maximum absolute atomic E-state index is 6.27. The molecule has 0 spiro atoms. The monoisotopic (exact) mass is 473 g/mol. The number of ether oxygens (including phenoxy) is 2. The summed E-state index contributed by atoms with van der Waals surface area (Å²) in [5.41, 5.74) is 7.04. The second kappa shape index (κ2) is 14.8. The van der Waals surface area contributed by atoms with Gasteiger partial charge < -0.3 is 15.2 Å². The molecule has 7 heteroatoms. The largest absolute Gasteiger partial charge is 0.477 e. The fraction of sp³-hybridized carbons (Fsp3) is 0.741. The van der Waals surface area contributed by atoms with Crippen LogP contribution in [0.25, 0.3) is 5.95 Å². The van der Waals surface area contributed by atoms with Crippen molar-refractivity contribution in [2.75, 3.05) is 18.9 Å². The first-order valence-corrected chi connectivity index (χ1v) is 13.4. The average molecular weight is 474 g/mol. The van der Waals surface area contributed by atoms with Crippen LogP contribution < -0.4 is 15.2 Å². The molecular weight excluding hydrogens is 426 g/mol. The molecule has 0 radical (unpaired) electrons. The van der Waals surface area contributed by atoms with Gasteiger partial charge in [0, 0.05) is 11.5 Å². The summed E-state index contributed by atoms with van der Waals surface area (Å²) in [6.45, 7) is 12.0. The van der Waals surface area contributed by atoms with Gasteiger partial charge in [0.25, 0.3) is 5.95 Å². The lowest BCUT2D eigenvalue weighted by Gasteiger charge is -2.14. The quantitative estimate of drug-likeness (QED) is 0.248. The van der Waals surface area contributed by atoms with Gasteiger partial charge in [0.2, 0.25) is 11.8 Å². The standard InChI is InChI=1S/C27H47N5O2/c1-6-8-10-12-14-16-18-33-24-21-25(34-19-17-15-13-11-9-7-2)30-26(29-24)32-23(28)20-22(31-32)27(3,4)5/h20-21H,6-19,28H2,1-5H3. The van der Waals surface area contributed by atoms with E-state index in [0.29, 0.717) is 36.7 Å². The van der Waals surface area contributed by atoms with Crippen LogP contribution in [0, 0.1) is 0 Å². The molecule has 0 fully saturated rings. The normalized spacial score (nSPS) is 11.7. The smallest absolute Gasteiger partial charge is 0.259 e. The molecule has 2 N–H and O–H groups in total. The van der Waals surface area contributed by atoms with E-state index in [4.69, 9.17) is 15.2 Å². The maximum Gasteiger partial charge on any atom is 0.259 e. The van der Waals surface area contributed by atoms with E-state index >= 15 is 0 Å². The summed E-state index contributed by atoms with van der Waals surface area (Å²) < 4.78 is 13.6. The van der Waals surface area contributed by atoms with Gasteiger partial charge in [0.1, 0.15) is 5.82 Å². The predicted octanol–water partition coefficient (Wildman–Crippen LogP) is 7.02. The molecule has 2 aromatic rings. The number of aromatic nitrogens is 4. The molecule has 0 amide bonds. The molecule has 0 aliphatic heterocycles. The Morgan fingerprint density at radius 3 is 1.65 bits per heavy atom. The van der Waals surface area contributed by atoms with Crippen LogP contribution in [0.5, 0.6) is 11.8 Å². The Labute approximate surface area is 206 Å². The van der Waals surface area contributed by atoms with E-state index in [2.05, 4.69) is 49.7 Å². The van der Waals surface area contributed by atoms with Crippen molar-refractivity contribution in [2.45, 2.75) is 117 Å². The van der Waals surface area contributed by atoms with E-state index in [9.17, 15) is 0 Å². The van der Waals surface area contributed by atoms with E-state index in [1.165, 1.54) is 64.2 Å². The van der Waals surface area contributed by atoms with E-state index < -0.39 is 0 Å². The number of nitrogens with zero attached hydrogens (tertiary/aromatic N) is 4. The lowest BCUT2D eigenvalue weighted by atomic mass is 9.92. The summed E-state index contributed by atoms with van der Waals surface area (Å²) in [7, 11) is 0. The Bertz CT molecular complexity index is 793. The molecule has 0 bridgehead atoms.